The summed E-state index contributed by atoms with van der Waals surface area (Å²) in [6.45, 7) is 0.789. The molecule has 2 fully saturated rings. The highest BCUT2D eigenvalue weighted by molar-refractivity contribution is 7.89. The van der Waals surface area contributed by atoms with Crippen LogP contribution < -0.4 is 15.6 Å². The van der Waals surface area contributed by atoms with E-state index in [1.54, 1.807) is 0 Å². The van der Waals surface area contributed by atoms with Crippen LogP contribution >= 0.6 is 0 Å². The van der Waals surface area contributed by atoms with E-state index in [2.05, 4.69) is 15.6 Å². The fourth-order valence-corrected chi connectivity index (χ4v) is 4.50. The van der Waals surface area contributed by atoms with Gasteiger partial charge in [-0.05, 0) is 37.0 Å². The van der Waals surface area contributed by atoms with Gasteiger partial charge in [0.1, 0.15) is 16.5 Å². The Balaban J connectivity index is 1.84. The van der Waals surface area contributed by atoms with Crippen LogP contribution in [0.4, 0.5) is 8.78 Å². The largest absolute Gasteiger partial charge is 0.257 e. The molecule has 0 spiro atoms. The molecule has 1 saturated heterocycles. The quantitative estimate of drug-likeness (QED) is 0.774. The van der Waals surface area contributed by atoms with Crippen molar-refractivity contribution in [2.24, 2.45) is 5.92 Å². The second-order valence-electron chi connectivity index (χ2n) is 5.54. The van der Waals surface area contributed by atoms with Crippen LogP contribution in [0.25, 0.3) is 0 Å². The minimum absolute atomic E-state index is 0.0230. The van der Waals surface area contributed by atoms with Gasteiger partial charge in [-0.25, -0.2) is 21.9 Å². The summed E-state index contributed by atoms with van der Waals surface area (Å²) in [7, 11) is -4.08. The lowest BCUT2D eigenvalue weighted by Crippen LogP contribution is -2.52. The molecule has 3 unspecified atom stereocenters. The van der Waals surface area contributed by atoms with Gasteiger partial charge in [-0.2, -0.15) is 0 Å². The van der Waals surface area contributed by atoms with Crippen molar-refractivity contribution in [1.82, 2.24) is 15.6 Å². The summed E-state index contributed by atoms with van der Waals surface area (Å²) in [6.07, 6.45) is 2.60. The maximum Gasteiger partial charge on any atom is 0.243 e. The molecule has 1 aromatic rings. The Bertz CT molecular complexity index is 638. The summed E-state index contributed by atoms with van der Waals surface area (Å²) >= 11 is 0. The molecular weight excluding hydrogens is 300 g/mol. The number of sulfonamides is 1. The predicted octanol–water partition coefficient (Wildman–Crippen LogP) is 0.888. The molecule has 5 nitrogen and oxygen atoms in total. The second kappa shape index (κ2) is 5.60. The molecule has 0 amide bonds. The van der Waals surface area contributed by atoms with Gasteiger partial charge >= 0.3 is 0 Å². The SMILES string of the molecule is O=S(=O)(NC1CCCC2CNNC21)c1cc(F)ccc1F. The molecule has 3 N–H and O–H groups in total. The number of hydrazine groups is 1. The van der Waals surface area contributed by atoms with Gasteiger partial charge in [0, 0.05) is 18.6 Å². The Kier molecular flexibility index (Phi) is 3.96. The minimum Gasteiger partial charge on any atom is -0.257 e. The van der Waals surface area contributed by atoms with Gasteiger partial charge in [0.15, 0.2) is 0 Å². The molecule has 2 aliphatic rings. The van der Waals surface area contributed by atoms with E-state index >= 15 is 0 Å². The van der Waals surface area contributed by atoms with Gasteiger partial charge in [-0.1, -0.05) is 6.42 Å². The fraction of sp³-hybridized carbons (Fsp3) is 0.538. The van der Waals surface area contributed by atoms with Gasteiger partial charge in [0.25, 0.3) is 0 Å². The molecule has 3 atom stereocenters. The molecule has 3 rings (SSSR count). The molecule has 1 saturated carbocycles. The van der Waals surface area contributed by atoms with E-state index in [0.717, 1.165) is 31.5 Å². The summed E-state index contributed by atoms with van der Waals surface area (Å²) < 4.78 is 54.0. The van der Waals surface area contributed by atoms with E-state index in [4.69, 9.17) is 0 Å². The van der Waals surface area contributed by atoms with E-state index in [0.29, 0.717) is 18.4 Å². The van der Waals surface area contributed by atoms with Crippen molar-refractivity contribution >= 4 is 10.0 Å². The molecule has 8 heteroatoms. The monoisotopic (exact) mass is 317 g/mol. The third-order valence-electron chi connectivity index (χ3n) is 4.15. The van der Waals surface area contributed by atoms with Crippen LogP contribution in [0.2, 0.25) is 0 Å². The smallest absolute Gasteiger partial charge is 0.243 e. The van der Waals surface area contributed by atoms with Crippen molar-refractivity contribution in [2.45, 2.75) is 36.2 Å². The highest BCUT2D eigenvalue weighted by Crippen LogP contribution is 2.28. The minimum atomic E-state index is -4.08. The summed E-state index contributed by atoms with van der Waals surface area (Å²) in [5.41, 5.74) is 6.09. The van der Waals surface area contributed by atoms with E-state index < -0.39 is 26.6 Å². The Morgan fingerprint density at radius 3 is 2.86 bits per heavy atom. The van der Waals surface area contributed by atoms with Crippen molar-refractivity contribution in [3.8, 4) is 0 Å². The molecule has 21 heavy (non-hydrogen) atoms. The molecule has 0 radical (unpaired) electrons. The zero-order valence-electron chi connectivity index (χ0n) is 11.3. The lowest BCUT2D eigenvalue weighted by Gasteiger charge is -2.33. The average Bonchev–Trinajstić information content (AvgIpc) is 2.90. The van der Waals surface area contributed by atoms with Gasteiger partial charge in [-0.15, -0.1) is 0 Å². The van der Waals surface area contributed by atoms with Crippen molar-refractivity contribution in [1.29, 1.82) is 0 Å². The second-order valence-corrected chi connectivity index (χ2v) is 7.23. The standard InChI is InChI=1S/C13H17F2N3O2S/c14-9-4-5-10(15)12(6-9)21(19,20)18-11-3-1-2-8-7-16-17-13(8)11/h4-6,8,11,13,16-18H,1-3,7H2. The van der Waals surface area contributed by atoms with Crippen LogP contribution in [0.15, 0.2) is 23.1 Å². The number of halogens is 2. The number of hydrogen-bond acceptors (Lipinski definition) is 4. The van der Waals surface area contributed by atoms with E-state index in [1.807, 2.05) is 0 Å². The van der Waals surface area contributed by atoms with Gasteiger partial charge < -0.3 is 0 Å². The Hall–Kier alpha value is -1.09. The van der Waals surface area contributed by atoms with E-state index in [-0.39, 0.29) is 12.1 Å². The normalized spacial score (nSPS) is 29.3. The van der Waals surface area contributed by atoms with E-state index in [9.17, 15) is 17.2 Å². The van der Waals surface area contributed by atoms with Crippen LogP contribution in [0, 0.1) is 17.6 Å². The Labute approximate surface area is 122 Å². The van der Waals surface area contributed by atoms with Crippen molar-refractivity contribution in [2.75, 3.05) is 6.54 Å². The van der Waals surface area contributed by atoms with Crippen LogP contribution in [-0.4, -0.2) is 27.0 Å². The number of hydrogen-bond donors (Lipinski definition) is 3. The molecule has 0 aromatic heterocycles. The lowest BCUT2D eigenvalue weighted by molar-refractivity contribution is 0.278. The average molecular weight is 317 g/mol. The first-order valence-electron chi connectivity index (χ1n) is 6.93. The van der Waals surface area contributed by atoms with Crippen LogP contribution in [0.5, 0.6) is 0 Å². The lowest BCUT2D eigenvalue weighted by atomic mass is 9.83. The Morgan fingerprint density at radius 1 is 1.24 bits per heavy atom. The molecule has 0 bridgehead atoms. The maximum atomic E-state index is 13.7. The summed E-state index contributed by atoms with van der Waals surface area (Å²) in [4.78, 5) is -0.643. The summed E-state index contributed by atoms with van der Waals surface area (Å²) in [6, 6.07) is 2.07. The summed E-state index contributed by atoms with van der Waals surface area (Å²) in [5, 5.41) is 0. The number of nitrogens with one attached hydrogen (secondary N) is 3. The van der Waals surface area contributed by atoms with Crippen molar-refractivity contribution in [3.63, 3.8) is 0 Å². The zero-order chi connectivity index (χ0) is 15.0. The summed E-state index contributed by atoms with van der Waals surface area (Å²) in [5.74, 6) is -1.38. The van der Waals surface area contributed by atoms with Gasteiger partial charge in [0.05, 0.1) is 0 Å². The molecule has 116 valence electrons. The van der Waals surface area contributed by atoms with Crippen molar-refractivity contribution < 1.29 is 17.2 Å². The van der Waals surface area contributed by atoms with Crippen LogP contribution in [0.3, 0.4) is 0 Å². The van der Waals surface area contributed by atoms with Crippen molar-refractivity contribution in [3.05, 3.63) is 29.8 Å². The molecule has 1 aliphatic carbocycles. The first kappa shape index (κ1) is 14.8. The highest BCUT2D eigenvalue weighted by atomic mass is 32.2. The molecule has 1 heterocycles. The number of fused-ring (bicyclic) bond motifs is 1. The highest BCUT2D eigenvalue weighted by Gasteiger charge is 2.39. The number of benzene rings is 1. The van der Waals surface area contributed by atoms with Gasteiger partial charge in [0.2, 0.25) is 10.0 Å². The first-order valence-corrected chi connectivity index (χ1v) is 8.41. The Morgan fingerprint density at radius 2 is 2.05 bits per heavy atom. The zero-order valence-corrected chi connectivity index (χ0v) is 12.1. The van der Waals surface area contributed by atoms with Crippen LogP contribution in [-0.2, 0) is 10.0 Å². The topological polar surface area (TPSA) is 70.2 Å². The van der Waals surface area contributed by atoms with Gasteiger partial charge in [-0.3, -0.25) is 10.9 Å². The van der Waals surface area contributed by atoms with E-state index in [1.165, 1.54) is 0 Å². The number of rotatable bonds is 3. The third kappa shape index (κ3) is 2.94. The maximum absolute atomic E-state index is 13.7. The predicted molar refractivity (Wildman–Crippen MR) is 72.7 cm³/mol. The molecule has 1 aromatic carbocycles. The molecule has 1 aliphatic heterocycles. The third-order valence-corrected chi connectivity index (χ3v) is 5.66. The van der Waals surface area contributed by atoms with Crippen LogP contribution in [0.1, 0.15) is 19.3 Å². The molecular formula is C13H17F2N3O2S. The fourth-order valence-electron chi connectivity index (χ4n) is 3.12. The first-order chi connectivity index (χ1) is 9.97.